The molecule has 0 spiro atoms. The van der Waals surface area contributed by atoms with Crippen molar-refractivity contribution in [2.45, 2.75) is 24.7 Å². The van der Waals surface area contributed by atoms with Crippen LogP contribution in [0.2, 0.25) is 0 Å². The first-order valence-corrected chi connectivity index (χ1v) is 10.1. The van der Waals surface area contributed by atoms with Gasteiger partial charge in [-0.1, -0.05) is 12.1 Å². The summed E-state index contributed by atoms with van der Waals surface area (Å²) < 4.78 is 66.1. The van der Waals surface area contributed by atoms with Gasteiger partial charge in [0.15, 0.2) is 0 Å². The van der Waals surface area contributed by atoms with Crippen molar-refractivity contribution in [1.29, 1.82) is 0 Å². The summed E-state index contributed by atoms with van der Waals surface area (Å²) in [6.07, 6.45) is 0.346. The van der Waals surface area contributed by atoms with Crippen LogP contribution in [-0.4, -0.2) is 18.4 Å². The average Bonchev–Trinajstić information content (AvgIpc) is 2.55. The molecule has 0 saturated heterocycles. The predicted molar refractivity (Wildman–Crippen MR) is 88.0 cm³/mol. The Balaban J connectivity index is 0.00000364. The molecule has 2 aromatic rings. The van der Waals surface area contributed by atoms with E-state index in [2.05, 4.69) is 4.52 Å². The molecule has 0 amide bonds. The molecule has 2 aromatic carbocycles. The van der Waals surface area contributed by atoms with Crippen LogP contribution in [0.3, 0.4) is 0 Å². The van der Waals surface area contributed by atoms with Gasteiger partial charge in [0.2, 0.25) is 5.44 Å². The maximum Gasteiger partial charge on any atom is 1.00 e. The number of ether oxygens (including phenoxy) is 1. The molecule has 140 valence electrons. The molecule has 0 aliphatic rings. The minimum atomic E-state index is -4.88. The molecule has 2 rings (SSSR count). The van der Waals surface area contributed by atoms with Crippen LogP contribution in [0.25, 0.3) is 0 Å². The van der Waals surface area contributed by atoms with E-state index in [9.17, 15) is 26.8 Å². The van der Waals surface area contributed by atoms with Crippen LogP contribution < -0.4 is 112 Å². The van der Waals surface area contributed by atoms with Crippen LogP contribution in [0, 0.1) is 5.82 Å². The molecule has 0 heterocycles. The molecule has 0 N–H and O–H groups in total. The first kappa shape index (κ1) is 29.4. The number of rotatable bonds is 9. The van der Waals surface area contributed by atoms with Gasteiger partial charge >= 0.3 is 111 Å². The second-order valence-electron chi connectivity index (χ2n) is 5.35. The summed E-state index contributed by atoms with van der Waals surface area (Å²) in [6.45, 7) is 0. The molecular formula is C16H15FK2O7PS+. The second kappa shape index (κ2) is 14.4. The third kappa shape index (κ3) is 11.1. The summed E-state index contributed by atoms with van der Waals surface area (Å²) in [5.41, 5.74) is -1.14. The fourth-order valence-electron chi connectivity index (χ4n) is 2.22. The second-order valence-corrected chi connectivity index (χ2v) is 7.52. The van der Waals surface area contributed by atoms with Crippen molar-refractivity contribution >= 4 is 18.4 Å². The van der Waals surface area contributed by atoms with Gasteiger partial charge in [0.1, 0.15) is 27.4 Å². The van der Waals surface area contributed by atoms with E-state index in [0.29, 0.717) is 17.9 Å². The Morgan fingerprint density at radius 3 is 2.29 bits per heavy atom. The van der Waals surface area contributed by atoms with Crippen LogP contribution >= 0.6 is 8.25 Å². The van der Waals surface area contributed by atoms with Crippen LogP contribution in [0.4, 0.5) is 4.39 Å². The fraction of sp³-hybridized carbons (Fsp3) is 0.250. The summed E-state index contributed by atoms with van der Waals surface area (Å²) in [6, 6.07) is 12.4. The molecule has 0 saturated carbocycles. The molecule has 0 radical (unpaired) electrons. The maximum atomic E-state index is 12.9. The van der Waals surface area contributed by atoms with Crippen molar-refractivity contribution in [3.05, 3.63) is 59.9 Å². The number of halogens is 1. The van der Waals surface area contributed by atoms with E-state index in [1.165, 1.54) is 24.3 Å². The van der Waals surface area contributed by atoms with Gasteiger partial charge in [-0.3, -0.25) is 0 Å². The normalized spacial score (nSPS) is 12.3. The van der Waals surface area contributed by atoms with E-state index in [4.69, 9.17) is 4.74 Å². The number of hydrogen-bond donors (Lipinski definition) is 0. The van der Waals surface area contributed by atoms with Crippen molar-refractivity contribution in [2.24, 2.45) is 0 Å². The van der Waals surface area contributed by atoms with Gasteiger partial charge in [-0.05, 0) is 65.8 Å². The van der Waals surface area contributed by atoms with Gasteiger partial charge in [-0.15, -0.1) is 4.52 Å². The summed E-state index contributed by atoms with van der Waals surface area (Å²) >= 11 is 0. The standard InChI is InChI=1S/C16H16FO7PS.2K/c17-13-7-9-14(10-8-13)23-15-5-1-3-12(11-15)4-2-6-16(24-25(18)19)26(20,21)22;;/h1,3,5,7-11,16H,2,4,6H2,(H,20,21,22);;/q;2*+1/p-1. The molecule has 0 bridgehead atoms. The van der Waals surface area contributed by atoms with E-state index in [1.54, 1.807) is 24.3 Å². The SMILES string of the molecule is O=[P+]([O-])OC(CCCc1cccc(Oc2ccc(F)cc2)c1)S(=O)(=O)[O-].[K+].[K+]. The summed E-state index contributed by atoms with van der Waals surface area (Å²) in [5.74, 6) is 0.575. The van der Waals surface area contributed by atoms with Gasteiger partial charge in [0, 0.05) is 0 Å². The third-order valence-corrected chi connectivity index (χ3v) is 4.92. The Morgan fingerprint density at radius 1 is 1.07 bits per heavy atom. The van der Waals surface area contributed by atoms with Gasteiger partial charge < -0.3 is 14.2 Å². The Kier molecular flexibility index (Phi) is 15.1. The molecule has 0 aliphatic carbocycles. The monoisotopic (exact) mass is 479 g/mol. The maximum absolute atomic E-state index is 12.9. The number of aryl methyl sites for hydroxylation is 1. The van der Waals surface area contributed by atoms with Gasteiger partial charge in [-0.25, -0.2) is 12.8 Å². The van der Waals surface area contributed by atoms with Crippen LogP contribution in [-0.2, 0) is 25.6 Å². The molecule has 0 aliphatic heterocycles. The van der Waals surface area contributed by atoms with Crippen molar-refractivity contribution in [3.8, 4) is 11.5 Å². The van der Waals surface area contributed by atoms with E-state index in [1.807, 2.05) is 0 Å². The minimum absolute atomic E-state index is 0. The Labute approximate surface area is 248 Å². The number of benzene rings is 2. The van der Waals surface area contributed by atoms with Gasteiger partial charge in [0.25, 0.3) is 0 Å². The quantitative estimate of drug-likeness (QED) is 0.212. The molecule has 0 fully saturated rings. The first-order chi connectivity index (χ1) is 12.2. The largest absolute Gasteiger partial charge is 1.00 e. The molecule has 28 heavy (non-hydrogen) atoms. The molecule has 2 unspecified atom stereocenters. The van der Waals surface area contributed by atoms with Crippen molar-refractivity contribution < 1.29 is 139 Å². The Hall–Kier alpha value is 1.37. The van der Waals surface area contributed by atoms with Gasteiger partial charge in [-0.2, -0.15) is 0 Å². The summed E-state index contributed by atoms with van der Waals surface area (Å²) in [4.78, 5) is 10.5. The van der Waals surface area contributed by atoms with Crippen LogP contribution in [0.15, 0.2) is 48.5 Å². The van der Waals surface area contributed by atoms with E-state index >= 15 is 0 Å². The van der Waals surface area contributed by atoms with Crippen molar-refractivity contribution in [2.75, 3.05) is 0 Å². The minimum Gasteiger partial charge on any atom is -0.746 e. The molecule has 7 nitrogen and oxygen atoms in total. The smallest absolute Gasteiger partial charge is 0.746 e. The molecule has 12 heteroatoms. The van der Waals surface area contributed by atoms with E-state index in [0.717, 1.165) is 5.56 Å². The summed E-state index contributed by atoms with van der Waals surface area (Å²) in [7, 11) is -8.31. The van der Waals surface area contributed by atoms with Crippen molar-refractivity contribution in [1.82, 2.24) is 0 Å². The topological polar surface area (TPSA) is 116 Å². The zero-order valence-electron chi connectivity index (χ0n) is 15.4. The molecule has 0 aromatic heterocycles. The molecular weight excluding hydrogens is 464 g/mol. The number of hydrogen-bond acceptors (Lipinski definition) is 7. The van der Waals surface area contributed by atoms with E-state index < -0.39 is 23.8 Å². The third-order valence-electron chi connectivity index (χ3n) is 3.38. The Bertz CT molecular complexity index is 866. The zero-order valence-corrected chi connectivity index (χ0v) is 23.4. The fourth-order valence-corrected chi connectivity index (χ4v) is 3.61. The van der Waals surface area contributed by atoms with Crippen molar-refractivity contribution in [3.63, 3.8) is 0 Å². The van der Waals surface area contributed by atoms with Crippen LogP contribution in [0.5, 0.6) is 11.5 Å². The van der Waals surface area contributed by atoms with Crippen LogP contribution in [0.1, 0.15) is 18.4 Å². The molecule has 2 atom stereocenters. The first-order valence-electron chi connectivity index (χ1n) is 7.52. The average molecular weight is 480 g/mol. The Morgan fingerprint density at radius 2 is 1.71 bits per heavy atom. The van der Waals surface area contributed by atoms with Gasteiger partial charge in [0.05, 0.1) is 0 Å². The summed E-state index contributed by atoms with van der Waals surface area (Å²) in [5, 5.41) is 0. The van der Waals surface area contributed by atoms with E-state index in [-0.39, 0.29) is 121 Å². The predicted octanol–water partition coefficient (Wildman–Crippen LogP) is -3.15. The zero-order chi connectivity index (χ0) is 19.2.